The molecular weight excluding hydrogens is 180 g/mol. The Morgan fingerprint density at radius 3 is 3.00 bits per heavy atom. The highest BCUT2D eigenvalue weighted by molar-refractivity contribution is 5.78. The fraction of sp³-hybridized carbons (Fsp3) is 0.900. The van der Waals surface area contributed by atoms with E-state index < -0.39 is 0 Å². The molecule has 4 nitrogen and oxygen atoms in total. The van der Waals surface area contributed by atoms with E-state index in [1.807, 2.05) is 13.8 Å². The summed E-state index contributed by atoms with van der Waals surface area (Å²) in [4.78, 5) is 7.31. The van der Waals surface area contributed by atoms with Gasteiger partial charge in [0.25, 0.3) is 0 Å². The molecule has 1 atom stereocenters. The van der Waals surface area contributed by atoms with Crippen LogP contribution in [0.5, 0.6) is 0 Å². The number of piperidine rings is 1. The molecule has 1 saturated heterocycles. The Labute approximate surface area is 85.5 Å². The zero-order chi connectivity index (χ0) is 10.4. The highest BCUT2D eigenvalue weighted by Crippen LogP contribution is 2.08. The molecule has 14 heavy (non-hydrogen) atoms. The van der Waals surface area contributed by atoms with Gasteiger partial charge in [-0.3, -0.25) is 4.90 Å². The van der Waals surface area contributed by atoms with Crippen LogP contribution in [0.3, 0.4) is 0 Å². The van der Waals surface area contributed by atoms with Crippen LogP contribution in [0.1, 0.15) is 26.7 Å². The predicted octanol–water partition coefficient (Wildman–Crippen LogP) is 0.855. The Morgan fingerprint density at radius 2 is 2.36 bits per heavy atom. The summed E-state index contributed by atoms with van der Waals surface area (Å²) in [6, 6.07) is 0. The van der Waals surface area contributed by atoms with Crippen molar-refractivity contribution in [1.82, 2.24) is 4.90 Å². The van der Waals surface area contributed by atoms with Crippen molar-refractivity contribution in [2.75, 3.05) is 26.2 Å². The smallest absolute Gasteiger partial charge is 0.129 e. The molecule has 1 heterocycles. The van der Waals surface area contributed by atoms with Gasteiger partial charge in [-0.15, -0.1) is 0 Å². The van der Waals surface area contributed by atoms with E-state index in [1.165, 1.54) is 0 Å². The van der Waals surface area contributed by atoms with Crippen LogP contribution in [-0.4, -0.2) is 48.1 Å². The molecule has 1 N–H and O–H groups in total. The van der Waals surface area contributed by atoms with Crippen LogP contribution in [0.25, 0.3) is 0 Å². The van der Waals surface area contributed by atoms with Gasteiger partial charge < -0.3 is 9.94 Å². The van der Waals surface area contributed by atoms with Crippen molar-refractivity contribution in [2.24, 2.45) is 5.16 Å². The van der Waals surface area contributed by atoms with E-state index in [4.69, 9.17) is 4.84 Å². The van der Waals surface area contributed by atoms with Gasteiger partial charge in [-0.05, 0) is 33.2 Å². The monoisotopic (exact) mass is 200 g/mol. The number of hydrogen-bond acceptors (Lipinski definition) is 4. The number of aliphatic hydroxyl groups is 1. The molecule has 1 rings (SSSR count). The van der Waals surface area contributed by atoms with E-state index >= 15 is 0 Å². The number of aliphatic hydroxyl groups excluding tert-OH is 1. The second-order valence-corrected chi connectivity index (χ2v) is 3.97. The summed E-state index contributed by atoms with van der Waals surface area (Å²) >= 11 is 0. The van der Waals surface area contributed by atoms with Crippen molar-refractivity contribution < 1.29 is 9.94 Å². The summed E-state index contributed by atoms with van der Waals surface area (Å²) in [5.74, 6) is 0. The number of nitrogens with zero attached hydrogens (tertiary/aromatic N) is 2. The van der Waals surface area contributed by atoms with E-state index in [9.17, 15) is 5.11 Å². The van der Waals surface area contributed by atoms with E-state index in [1.54, 1.807) is 0 Å². The predicted molar refractivity (Wildman–Crippen MR) is 56.4 cm³/mol. The normalized spacial score (nSPS) is 23.2. The Hall–Kier alpha value is -0.610. The Morgan fingerprint density at radius 1 is 1.57 bits per heavy atom. The number of hydrogen-bond donors (Lipinski definition) is 1. The second-order valence-electron chi connectivity index (χ2n) is 3.97. The maximum atomic E-state index is 9.41. The lowest BCUT2D eigenvalue weighted by atomic mass is 10.1. The standard InChI is InChI=1S/C10H20N2O2/c1-9(2)11-14-7-6-12-5-3-4-10(13)8-12/h10,13H,3-8H2,1-2H3. The van der Waals surface area contributed by atoms with Gasteiger partial charge in [-0.2, -0.15) is 0 Å². The molecule has 0 saturated carbocycles. The van der Waals surface area contributed by atoms with Gasteiger partial charge >= 0.3 is 0 Å². The third kappa shape index (κ3) is 4.58. The first-order chi connectivity index (χ1) is 6.68. The zero-order valence-electron chi connectivity index (χ0n) is 9.07. The maximum Gasteiger partial charge on any atom is 0.129 e. The quantitative estimate of drug-likeness (QED) is 0.416. The van der Waals surface area contributed by atoms with Crippen molar-refractivity contribution >= 4 is 5.71 Å². The minimum absolute atomic E-state index is 0.153. The average molecular weight is 200 g/mol. The first kappa shape index (κ1) is 11.5. The first-order valence-corrected chi connectivity index (χ1v) is 5.22. The van der Waals surface area contributed by atoms with Crippen LogP contribution in [0, 0.1) is 0 Å². The molecular formula is C10H20N2O2. The molecule has 0 spiro atoms. The van der Waals surface area contributed by atoms with Gasteiger partial charge in [-0.1, -0.05) is 5.16 Å². The van der Waals surface area contributed by atoms with Crippen LogP contribution >= 0.6 is 0 Å². The Kier molecular flexibility index (Phi) is 4.90. The fourth-order valence-electron chi connectivity index (χ4n) is 1.58. The van der Waals surface area contributed by atoms with Gasteiger partial charge in [0.1, 0.15) is 6.61 Å². The van der Waals surface area contributed by atoms with E-state index in [0.29, 0.717) is 6.61 Å². The van der Waals surface area contributed by atoms with Gasteiger partial charge in [0.05, 0.1) is 11.8 Å². The van der Waals surface area contributed by atoms with Gasteiger partial charge in [0.2, 0.25) is 0 Å². The van der Waals surface area contributed by atoms with Crippen molar-refractivity contribution in [3.8, 4) is 0 Å². The Balaban J connectivity index is 2.09. The van der Waals surface area contributed by atoms with Crippen LogP contribution in [-0.2, 0) is 4.84 Å². The summed E-state index contributed by atoms with van der Waals surface area (Å²) in [5, 5.41) is 13.3. The molecule has 4 heteroatoms. The number of rotatable bonds is 4. The third-order valence-electron chi connectivity index (χ3n) is 2.23. The zero-order valence-corrected chi connectivity index (χ0v) is 9.07. The molecule has 1 aliphatic heterocycles. The molecule has 0 aliphatic carbocycles. The average Bonchev–Trinajstić information content (AvgIpc) is 2.12. The van der Waals surface area contributed by atoms with Crippen molar-refractivity contribution in [3.63, 3.8) is 0 Å². The molecule has 0 aromatic heterocycles. The van der Waals surface area contributed by atoms with Gasteiger partial charge in [-0.25, -0.2) is 0 Å². The minimum Gasteiger partial charge on any atom is -0.395 e. The summed E-state index contributed by atoms with van der Waals surface area (Å²) in [6.07, 6.45) is 1.86. The number of oxime groups is 1. The SMILES string of the molecule is CC(C)=NOCCN1CCCC(O)C1. The van der Waals surface area contributed by atoms with Crippen molar-refractivity contribution in [3.05, 3.63) is 0 Å². The van der Waals surface area contributed by atoms with Crippen LogP contribution in [0.2, 0.25) is 0 Å². The highest BCUT2D eigenvalue weighted by Gasteiger charge is 2.16. The van der Waals surface area contributed by atoms with Gasteiger partial charge in [0, 0.05) is 13.1 Å². The summed E-state index contributed by atoms with van der Waals surface area (Å²) in [7, 11) is 0. The largest absolute Gasteiger partial charge is 0.395 e. The molecule has 0 amide bonds. The topological polar surface area (TPSA) is 45.1 Å². The lowest BCUT2D eigenvalue weighted by Gasteiger charge is -2.29. The lowest BCUT2D eigenvalue weighted by molar-refractivity contribution is 0.0464. The number of likely N-dealkylation sites (tertiary alicyclic amines) is 1. The number of β-amino-alcohol motifs (C(OH)–C–C–N with tert-alkyl or cyclic N) is 1. The molecule has 1 fully saturated rings. The summed E-state index contributed by atoms with van der Waals surface area (Å²) < 4.78 is 0. The molecule has 0 radical (unpaired) electrons. The van der Waals surface area contributed by atoms with E-state index in [2.05, 4.69) is 10.1 Å². The van der Waals surface area contributed by atoms with E-state index in [-0.39, 0.29) is 6.10 Å². The van der Waals surface area contributed by atoms with Gasteiger partial charge in [0.15, 0.2) is 0 Å². The molecule has 0 bridgehead atoms. The summed E-state index contributed by atoms with van der Waals surface area (Å²) in [5.41, 5.74) is 0.934. The molecule has 1 unspecified atom stereocenters. The first-order valence-electron chi connectivity index (χ1n) is 5.22. The van der Waals surface area contributed by atoms with Crippen LogP contribution in [0.15, 0.2) is 5.16 Å². The Bertz CT molecular complexity index is 191. The molecule has 0 aromatic rings. The molecule has 0 aromatic carbocycles. The lowest BCUT2D eigenvalue weighted by Crippen LogP contribution is -2.39. The fourth-order valence-corrected chi connectivity index (χ4v) is 1.58. The second kappa shape index (κ2) is 5.98. The third-order valence-corrected chi connectivity index (χ3v) is 2.23. The minimum atomic E-state index is -0.153. The van der Waals surface area contributed by atoms with E-state index in [0.717, 1.165) is 38.2 Å². The van der Waals surface area contributed by atoms with Crippen LogP contribution < -0.4 is 0 Å². The van der Waals surface area contributed by atoms with Crippen molar-refractivity contribution in [2.45, 2.75) is 32.8 Å². The van der Waals surface area contributed by atoms with Crippen molar-refractivity contribution in [1.29, 1.82) is 0 Å². The van der Waals surface area contributed by atoms with Crippen LogP contribution in [0.4, 0.5) is 0 Å². The summed E-state index contributed by atoms with van der Waals surface area (Å²) in [6.45, 7) is 7.12. The molecule has 82 valence electrons. The highest BCUT2D eigenvalue weighted by atomic mass is 16.6. The maximum absolute atomic E-state index is 9.41. The molecule has 1 aliphatic rings.